The van der Waals surface area contributed by atoms with Gasteiger partial charge in [-0.05, 0) is 33.9 Å². The number of hydrogen-bond acceptors (Lipinski definition) is 3. The van der Waals surface area contributed by atoms with Crippen LogP contribution in [0.1, 0.15) is 32.4 Å². The van der Waals surface area contributed by atoms with Gasteiger partial charge in [0.15, 0.2) is 0 Å². The summed E-state index contributed by atoms with van der Waals surface area (Å²) in [7, 11) is 1.79. The number of nitrogens with one attached hydrogen (secondary N) is 1. The minimum absolute atomic E-state index is 0.0636. The molecule has 20 heavy (non-hydrogen) atoms. The zero-order chi connectivity index (χ0) is 15.3. The monoisotopic (exact) mass is 298 g/mol. The van der Waals surface area contributed by atoms with Crippen LogP contribution in [0, 0.1) is 0 Å². The van der Waals surface area contributed by atoms with E-state index >= 15 is 0 Å². The second kappa shape index (κ2) is 7.07. The van der Waals surface area contributed by atoms with E-state index in [-0.39, 0.29) is 18.0 Å². The number of rotatable bonds is 5. The molecule has 4 nitrogen and oxygen atoms in total. The van der Waals surface area contributed by atoms with Crippen LogP contribution < -0.4 is 5.32 Å². The van der Waals surface area contributed by atoms with Crippen molar-refractivity contribution in [3.8, 4) is 0 Å². The predicted octanol–water partition coefficient (Wildman–Crippen LogP) is 2.22. The molecule has 0 saturated heterocycles. The van der Waals surface area contributed by atoms with Crippen molar-refractivity contribution in [2.24, 2.45) is 0 Å². The number of aliphatic hydroxyl groups is 1. The second-order valence-corrected chi connectivity index (χ2v) is 6.44. The van der Waals surface area contributed by atoms with Crippen molar-refractivity contribution in [3.63, 3.8) is 0 Å². The Labute approximate surface area is 125 Å². The minimum Gasteiger partial charge on any atom is -0.387 e. The van der Waals surface area contributed by atoms with Gasteiger partial charge in [0, 0.05) is 22.7 Å². The van der Waals surface area contributed by atoms with Gasteiger partial charge in [-0.2, -0.15) is 0 Å². The lowest BCUT2D eigenvalue weighted by atomic mass is 10.1. The molecule has 1 aromatic rings. The van der Waals surface area contributed by atoms with E-state index in [1.54, 1.807) is 24.1 Å². The Morgan fingerprint density at radius 3 is 2.55 bits per heavy atom. The zero-order valence-electron chi connectivity index (χ0n) is 12.5. The number of nitrogens with zero attached hydrogens (tertiary/aromatic N) is 1. The van der Waals surface area contributed by atoms with E-state index in [1.807, 2.05) is 32.9 Å². The van der Waals surface area contributed by atoms with Gasteiger partial charge < -0.3 is 10.4 Å². The molecular weight excluding hydrogens is 276 g/mol. The largest absolute Gasteiger partial charge is 0.387 e. The second-order valence-electron chi connectivity index (χ2n) is 6.03. The maximum Gasteiger partial charge on any atom is 0.234 e. The summed E-state index contributed by atoms with van der Waals surface area (Å²) < 4.78 is 0. The number of benzene rings is 1. The highest BCUT2D eigenvalue weighted by Gasteiger charge is 2.18. The molecule has 0 radical (unpaired) electrons. The molecule has 0 saturated carbocycles. The average Bonchev–Trinajstić information content (AvgIpc) is 2.25. The first-order chi connectivity index (χ1) is 9.19. The third-order valence-corrected chi connectivity index (χ3v) is 3.02. The van der Waals surface area contributed by atoms with E-state index < -0.39 is 6.10 Å². The molecule has 1 rings (SSSR count). The molecule has 0 heterocycles. The van der Waals surface area contributed by atoms with Gasteiger partial charge in [0.1, 0.15) is 0 Å². The van der Waals surface area contributed by atoms with Crippen LogP contribution in [0.3, 0.4) is 0 Å². The number of amides is 1. The Morgan fingerprint density at radius 1 is 1.40 bits per heavy atom. The summed E-state index contributed by atoms with van der Waals surface area (Å²) in [6.45, 7) is 6.39. The number of aliphatic hydroxyl groups excluding tert-OH is 1. The third-order valence-electron chi connectivity index (χ3n) is 2.68. The van der Waals surface area contributed by atoms with Crippen molar-refractivity contribution in [2.75, 3.05) is 20.1 Å². The number of carbonyl (C=O) groups excluding carboxylic acids is 1. The fourth-order valence-corrected chi connectivity index (χ4v) is 2.17. The first-order valence-electron chi connectivity index (χ1n) is 6.61. The Hall–Kier alpha value is -1.10. The molecule has 0 spiro atoms. The Kier molecular flexibility index (Phi) is 5.99. The van der Waals surface area contributed by atoms with Crippen molar-refractivity contribution in [1.29, 1.82) is 0 Å². The number of halogens is 1. The molecule has 0 aliphatic heterocycles. The molecule has 1 unspecified atom stereocenters. The first kappa shape index (κ1) is 17.0. The Morgan fingerprint density at radius 2 is 2.00 bits per heavy atom. The fraction of sp³-hybridized carbons (Fsp3) is 0.533. The van der Waals surface area contributed by atoms with E-state index in [0.717, 1.165) is 0 Å². The Balaban J connectivity index is 2.52. The molecule has 0 aliphatic rings. The van der Waals surface area contributed by atoms with Gasteiger partial charge in [-0.3, -0.25) is 9.69 Å². The van der Waals surface area contributed by atoms with Crippen LogP contribution in [-0.2, 0) is 4.79 Å². The lowest BCUT2D eigenvalue weighted by molar-refractivity contribution is -0.123. The van der Waals surface area contributed by atoms with Crippen LogP contribution in [-0.4, -0.2) is 41.6 Å². The highest BCUT2D eigenvalue weighted by Crippen LogP contribution is 2.22. The normalized spacial score (nSPS) is 13.3. The van der Waals surface area contributed by atoms with Gasteiger partial charge in [0.2, 0.25) is 5.91 Å². The lowest BCUT2D eigenvalue weighted by Crippen LogP contribution is -2.45. The van der Waals surface area contributed by atoms with Crippen LogP contribution in [0.15, 0.2) is 24.3 Å². The van der Waals surface area contributed by atoms with Gasteiger partial charge in [-0.15, -0.1) is 0 Å². The molecule has 0 aromatic heterocycles. The van der Waals surface area contributed by atoms with Crippen molar-refractivity contribution in [2.45, 2.75) is 32.4 Å². The van der Waals surface area contributed by atoms with Gasteiger partial charge in [-0.25, -0.2) is 0 Å². The SMILES string of the molecule is CN(CC(=O)NC(C)(C)C)CC(O)c1ccccc1Cl. The molecule has 0 bridgehead atoms. The maximum atomic E-state index is 11.8. The molecule has 1 aromatic carbocycles. The van der Waals surface area contributed by atoms with Crippen LogP contribution in [0.2, 0.25) is 5.02 Å². The van der Waals surface area contributed by atoms with E-state index in [0.29, 0.717) is 17.1 Å². The van der Waals surface area contributed by atoms with Crippen molar-refractivity contribution in [1.82, 2.24) is 10.2 Å². The number of carbonyl (C=O) groups is 1. The minimum atomic E-state index is -0.712. The molecular formula is C15H23ClN2O2. The molecule has 1 atom stereocenters. The summed E-state index contributed by atoms with van der Waals surface area (Å²) in [6.07, 6.45) is -0.712. The quantitative estimate of drug-likeness (QED) is 0.876. The van der Waals surface area contributed by atoms with Gasteiger partial charge in [-0.1, -0.05) is 29.8 Å². The van der Waals surface area contributed by atoms with Crippen LogP contribution in [0.4, 0.5) is 0 Å². The van der Waals surface area contributed by atoms with Crippen LogP contribution in [0.5, 0.6) is 0 Å². The van der Waals surface area contributed by atoms with Crippen molar-refractivity contribution < 1.29 is 9.90 Å². The average molecular weight is 299 g/mol. The molecule has 5 heteroatoms. The van der Waals surface area contributed by atoms with Gasteiger partial charge in [0.05, 0.1) is 12.6 Å². The van der Waals surface area contributed by atoms with E-state index in [9.17, 15) is 9.90 Å². The maximum absolute atomic E-state index is 11.8. The van der Waals surface area contributed by atoms with Crippen molar-refractivity contribution in [3.05, 3.63) is 34.9 Å². The van der Waals surface area contributed by atoms with Gasteiger partial charge >= 0.3 is 0 Å². The highest BCUT2D eigenvalue weighted by atomic mass is 35.5. The predicted molar refractivity (Wildman–Crippen MR) is 81.8 cm³/mol. The molecule has 112 valence electrons. The topological polar surface area (TPSA) is 52.6 Å². The third kappa shape index (κ3) is 5.90. The van der Waals surface area contributed by atoms with Gasteiger partial charge in [0.25, 0.3) is 0 Å². The highest BCUT2D eigenvalue weighted by molar-refractivity contribution is 6.31. The number of hydrogen-bond donors (Lipinski definition) is 2. The standard InChI is InChI=1S/C15H23ClN2O2/c1-15(2,3)17-14(20)10-18(4)9-13(19)11-7-5-6-8-12(11)16/h5-8,13,19H,9-10H2,1-4H3,(H,17,20). The van der Waals surface area contributed by atoms with Crippen LogP contribution in [0.25, 0.3) is 0 Å². The molecule has 0 aliphatic carbocycles. The first-order valence-corrected chi connectivity index (χ1v) is 6.99. The Bertz CT molecular complexity index is 457. The summed E-state index contributed by atoms with van der Waals surface area (Å²) in [4.78, 5) is 13.6. The van der Waals surface area contributed by atoms with E-state index in [4.69, 9.17) is 11.6 Å². The molecule has 0 fully saturated rings. The summed E-state index contributed by atoms with van der Waals surface area (Å²) in [5, 5.41) is 13.6. The van der Waals surface area contributed by atoms with Crippen LogP contribution >= 0.6 is 11.6 Å². The molecule has 2 N–H and O–H groups in total. The smallest absolute Gasteiger partial charge is 0.234 e. The summed E-state index contributed by atoms with van der Waals surface area (Å²) in [5.41, 5.74) is 0.427. The molecule has 1 amide bonds. The lowest BCUT2D eigenvalue weighted by Gasteiger charge is -2.24. The number of likely N-dealkylation sites (N-methyl/N-ethyl adjacent to an activating group) is 1. The summed E-state index contributed by atoms with van der Waals surface area (Å²) in [5.74, 6) is -0.0636. The fourth-order valence-electron chi connectivity index (χ4n) is 1.91. The zero-order valence-corrected chi connectivity index (χ0v) is 13.2. The summed E-state index contributed by atoms with van der Waals surface area (Å²) >= 11 is 6.04. The van der Waals surface area contributed by atoms with E-state index in [2.05, 4.69) is 5.32 Å². The summed E-state index contributed by atoms with van der Waals surface area (Å²) in [6, 6.07) is 7.18. The van der Waals surface area contributed by atoms with E-state index in [1.165, 1.54) is 0 Å². The van der Waals surface area contributed by atoms with Crippen molar-refractivity contribution >= 4 is 17.5 Å².